The van der Waals surface area contributed by atoms with Gasteiger partial charge in [0.1, 0.15) is 5.82 Å². The molecule has 0 saturated carbocycles. The zero-order chi connectivity index (χ0) is 22.7. The molecule has 2 heterocycles. The summed E-state index contributed by atoms with van der Waals surface area (Å²) in [5.74, 6) is 1.25. The van der Waals surface area contributed by atoms with E-state index in [2.05, 4.69) is 28.2 Å². The minimum atomic E-state index is -0.126. The minimum Gasteiger partial charge on any atom is -0.327 e. The largest absolute Gasteiger partial charge is 0.327 e. The number of hydrogen-bond donors (Lipinski definition) is 2. The van der Waals surface area contributed by atoms with E-state index >= 15 is 0 Å². The number of urea groups is 1. The summed E-state index contributed by atoms with van der Waals surface area (Å²) in [7, 11) is 0. The van der Waals surface area contributed by atoms with Crippen LogP contribution in [0.15, 0.2) is 48.5 Å². The van der Waals surface area contributed by atoms with Gasteiger partial charge in [0.25, 0.3) is 0 Å². The van der Waals surface area contributed by atoms with Crippen LogP contribution in [0, 0.1) is 5.92 Å². The second kappa shape index (κ2) is 9.42. The lowest BCUT2D eigenvalue weighted by molar-refractivity contribution is -0.116. The second-order valence-electron chi connectivity index (χ2n) is 8.71. The van der Waals surface area contributed by atoms with Gasteiger partial charge in [-0.3, -0.25) is 4.79 Å². The number of carbonyl (C=O) groups is 2. The molecule has 7 nitrogen and oxygen atoms in total. The van der Waals surface area contributed by atoms with Gasteiger partial charge >= 0.3 is 6.03 Å². The molecule has 1 saturated heterocycles. The summed E-state index contributed by atoms with van der Waals surface area (Å²) in [4.78, 5) is 31.8. The highest BCUT2D eigenvalue weighted by atomic mass is 16.2. The Morgan fingerprint density at radius 1 is 1.06 bits per heavy atom. The molecule has 1 aliphatic heterocycles. The number of anilines is 2. The number of rotatable bonds is 6. The van der Waals surface area contributed by atoms with Crippen LogP contribution in [0.1, 0.15) is 51.9 Å². The van der Waals surface area contributed by atoms with Crippen LogP contribution in [0.25, 0.3) is 11.0 Å². The van der Waals surface area contributed by atoms with E-state index in [4.69, 9.17) is 4.98 Å². The van der Waals surface area contributed by atoms with Crippen LogP contribution in [0.3, 0.4) is 0 Å². The standard InChI is InChI=1S/C25H31N5O2/c1-4-29-21-9-6-5-8-20(21)28-24(29)22-10-7-15-30(22)25(32)27-19-13-11-18(12-14-19)26-23(31)16-17(2)3/h5-6,8-9,11-14,17,22H,4,7,10,15-16H2,1-3H3,(H,26,31)(H,27,32). The minimum absolute atomic E-state index is 0.00416. The maximum Gasteiger partial charge on any atom is 0.322 e. The average Bonchev–Trinajstić information content (AvgIpc) is 3.38. The number of hydrogen-bond acceptors (Lipinski definition) is 3. The highest BCUT2D eigenvalue weighted by molar-refractivity contribution is 5.92. The number of amides is 3. The third kappa shape index (κ3) is 4.61. The molecular formula is C25H31N5O2. The number of aryl methyl sites for hydroxylation is 1. The van der Waals surface area contributed by atoms with Crippen molar-refractivity contribution in [3.63, 3.8) is 0 Å². The Bertz CT molecular complexity index is 1100. The first-order valence-electron chi connectivity index (χ1n) is 11.4. The molecule has 4 rings (SSSR count). The molecule has 2 N–H and O–H groups in total. The molecule has 168 valence electrons. The first kappa shape index (κ1) is 21.9. The smallest absolute Gasteiger partial charge is 0.322 e. The lowest BCUT2D eigenvalue weighted by Crippen LogP contribution is -2.35. The zero-order valence-corrected chi connectivity index (χ0v) is 19.0. The Labute approximate surface area is 188 Å². The van der Waals surface area contributed by atoms with Gasteiger partial charge in [0.2, 0.25) is 5.91 Å². The first-order chi connectivity index (χ1) is 15.5. The van der Waals surface area contributed by atoms with Crippen molar-refractivity contribution < 1.29 is 9.59 Å². The van der Waals surface area contributed by atoms with Crippen molar-refractivity contribution >= 4 is 34.3 Å². The van der Waals surface area contributed by atoms with E-state index < -0.39 is 0 Å². The van der Waals surface area contributed by atoms with E-state index in [1.54, 1.807) is 0 Å². The molecule has 3 aromatic rings. The SMILES string of the molecule is CCn1c(C2CCCN2C(=O)Nc2ccc(NC(=O)CC(C)C)cc2)nc2ccccc21. The predicted molar refractivity (Wildman–Crippen MR) is 128 cm³/mol. The summed E-state index contributed by atoms with van der Waals surface area (Å²) in [5, 5.41) is 5.89. The second-order valence-corrected chi connectivity index (χ2v) is 8.71. The molecule has 0 radical (unpaired) electrons. The molecule has 0 aliphatic carbocycles. The summed E-state index contributed by atoms with van der Waals surface area (Å²) < 4.78 is 2.21. The number of fused-ring (bicyclic) bond motifs is 1. The topological polar surface area (TPSA) is 79.3 Å². The molecule has 3 amide bonds. The van der Waals surface area contributed by atoms with E-state index in [1.807, 2.05) is 61.2 Å². The normalized spacial score (nSPS) is 16.0. The van der Waals surface area contributed by atoms with Gasteiger partial charge in [-0.05, 0) is 62.1 Å². The van der Waals surface area contributed by atoms with Gasteiger partial charge in [0.05, 0.1) is 17.1 Å². The van der Waals surface area contributed by atoms with Gasteiger partial charge in [0.15, 0.2) is 0 Å². The van der Waals surface area contributed by atoms with E-state index in [0.29, 0.717) is 24.6 Å². The summed E-state index contributed by atoms with van der Waals surface area (Å²) in [6.45, 7) is 7.65. The fourth-order valence-corrected chi connectivity index (χ4v) is 4.37. The van der Waals surface area contributed by atoms with Gasteiger partial charge in [-0.25, -0.2) is 9.78 Å². The van der Waals surface area contributed by atoms with Crippen LogP contribution in [0.5, 0.6) is 0 Å². The number of benzene rings is 2. The van der Waals surface area contributed by atoms with Crippen LogP contribution < -0.4 is 10.6 Å². The Hall–Kier alpha value is -3.35. The maximum atomic E-state index is 13.1. The number of carbonyl (C=O) groups excluding carboxylic acids is 2. The molecule has 0 spiro atoms. The molecule has 1 aromatic heterocycles. The van der Waals surface area contributed by atoms with Gasteiger partial charge in [-0.15, -0.1) is 0 Å². The molecule has 2 aromatic carbocycles. The average molecular weight is 434 g/mol. The highest BCUT2D eigenvalue weighted by Crippen LogP contribution is 2.34. The molecule has 1 fully saturated rings. The molecule has 7 heteroatoms. The van der Waals surface area contributed by atoms with E-state index in [1.165, 1.54) is 0 Å². The third-order valence-electron chi connectivity index (χ3n) is 5.83. The van der Waals surface area contributed by atoms with Crippen LogP contribution in [-0.2, 0) is 11.3 Å². The van der Waals surface area contributed by atoms with Crippen LogP contribution >= 0.6 is 0 Å². The highest BCUT2D eigenvalue weighted by Gasteiger charge is 2.33. The number of para-hydroxylation sites is 2. The number of nitrogens with zero attached hydrogens (tertiary/aromatic N) is 3. The molecular weight excluding hydrogens is 402 g/mol. The fraction of sp³-hybridized carbons (Fsp3) is 0.400. The van der Waals surface area contributed by atoms with E-state index in [0.717, 1.165) is 41.9 Å². The summed E-state index contributed by atoms with van der Waals surface area (Å²) in [6, 6.07) is 15.2. The van der Waals surface area contributed by atoms with Gasteiger partial charge < -0.3 is 20.1 Å². The lowest BCUT2D eigenvalue weighted by atomic mass is 10.1. The van der Waals surface area contributed by atoms with E-state index in [9.17, 15) is 9.59 Å². The third-order valence-corrected chi connectivity index (χ3v) is 5.83. The summed E-state index contributed by atoms with van der Waals surface area (Å²) in [6.07, 6.45) is 2.33. The van der Waals surface area contributed by atoms with Crippen LogP contribution in [0.2, 0.25) is 0 Å². The number of aromatic nitrogens is 2. The summed E-state index contributed by atoms with van der Waals surface area (Å²) in [5.41, 5.74) is 3.50. The van der Waals surface area contributed by atoms with Crippen molar-refractivity contribution in [3.8, 4) is 0 Å². The molecule has 1 aliphatic rings. The Kier molecular flexibility index (Phi) is 6.44. The van der Waals surface area contributed by atoms with Crippen molar-refractivity contribution in [2.75, 3.05) is 17.2 Å². The molecule has 1 atom stereocenters. The molecule has 1 unspecified atom stereocenters. The first-order valence-corrected chi connectivity index (χ1v) is 11.4. The van der Waals surface area contributed by atoms with Crippen molar-refractivity contribution in [2.45, 2.75) is 52.6 Å². The Morgan fingerprint density at radius 2 is 1.75 bits per heavy atom. The van der Waals surface area contributed by atoms with Crippen molar-refractivity contribution in [2.24, 2.45) is 5.92 Å². The number of imidazole rings is 1. The fourth-order valence-electron chi connectivity index (χ4n) is 4.37. The van der Waals surface area contributed by atoms with Crippen molar-refractivity contribution in [1.82, 2.24) is 14.5 Å². The quantitative estimate of drug-likeness (QED) is 0.545. The van der Waals surface area contributed by atoms with Crippen molar-refractivity contribution in [1.29, 1.82) is 0 Å². The lowest BCUT2D eigenvalue weighted by Gasteiger charge is -2.25. The van der Waals surface area contributed by atoms with Crippen LogP contribution in [0.4, 0.5) is 16.2 Å². The zero-order valence-electron chi connectivity index (χ0n) is 19.0. The van der Waals surface area contributed by atoms with E-state index in [-0.39, 0.29) is 18.0 Å². The van der Waals surface area contributed by atoms with Crippen molar-refractivity contribution in [3.05, 3.63) is 54.4 Å². The number of nitrogens with one attached hydrogen (secondary N) is 2. The van der Waals surface area contributed by atoms with Crippen LogP contribution in [-0.4, -0.2) is 32.9 Å². The Balaban J connectivity index is 1.46. The predicted octanol–water partition coefficient (Wildman–Crippen LogP) is 5.41. The molecule has 0 bridgehead atoms. The maximum absolute atomic E-state index is 13.1. The van der Waals surface area contributed by atoms with Gasteiger partial charge in [-0.2, -0.15) is 0 Å². The van der Waals surface area contributed by atoms with Gasteiger partial charge in [-0.1, -0.05) is 26.0 Å². The van der Waals surface area contributed by atoms with Gasteiger partial charge in [0, 0.05) is 30.9 Å². The number of likely N-dealkylation sites (tertiary alicyclic amines) is 1. The monoisotopic (exact) mass is 433 g/mol. The Morgan fingerprint density at radius 3 is 2.44 bits per heavy atom. The molecule has 32 heavy (non-hydrogen) atoms. The summed E-state index contributed by atoms with van der Waals surface area (Å²) >= 11 is 0.